The van der Waals surface area contributed by atoms with E-state index in [0.717, 1.165) is 40.3 Å². The van der Waals surface area contributed by atoms with Crippen LogP contribution in [0.1, 0.15) is 35.4 Å². The minimum Gasteiger partial charge on any atom is -0.497 e. The van der Waals surface area contributed by atoms with Crippen molar-refractivity contribution < 1.29 is 13.9 Å². The van der Waals surface area contributed by atoms with E-state index >= 15 is 0 Å². The van der Waals surface area contributed by atoms with E-state index in [4.69, 9.17) is 14.6 Å². The Balaban J connectivity index is 1.59. The van der Waals surface area contributed by atoms with Gasteiger partial charge in [0, 0.05) is 23.1 Å². The number of halogens is 2. The minimum atomic E-state index is -0.435. The maximum Gasteiger partial charge on any atom is 0.213 e. The normalized spacial score (nSPS) is 19.8. The average Bonchev–Trinajstić information content (AvgIpc) is 3.21. The Labute approximate surface area is 176 Å². The van der Waals surface area contributed by atoms with Crippen LogP contribution in [0, 0.1) is 5.82 Å². The highest BCUT2D eigenvalue weighted by atomic mass is 79.9. The first-order valence-corrected chi connectivity index (χ1v) is 10.1. The van der Waals surface area contributed by atoms with Crippen molar-refractivity contribution in [1.82, 2.24) is 5.01 Å². The first-order valence-electron chi connectivity index (χ1n) is 9.35. The van der Waals surface area contributed by atoms with Crippen LogP contribution in [0.2, 0.25) is 0 Å². The van der Waals surface area contributed by atoms with Crippen LogP contribution in [0.4, 0.5) is 4.39 Å². The molecule has 146 valence electrons. The second-order valence-electron chi connectivity index (χ2n) is 7.06. The predicted molar refractivity (Wildman–Crippen MR) is 113 cm³/mol. The van der Waals surface area contributed by atoms with Gasteiger partial charge in [-0.1, -0.05) is 36.4 Å². The number of hydrogen-bond donors (Lipinski definition) is 0. The summed E-state index contributed by atoms with van der Waals surface area (Å²) in [6.45, 7) is 0. The fraction of sp³-hybridized carbons (Fsp3) is 0.174. The summed E-state index contributed by atoms with van der Waals surface area (Å²) < 4.78 is 25.9. The molecule has 0 fully saturated rings. The highest BCUT2D eigenvalue weighted by Gasteiger charge is 2.41. The van der Waals surface area contributed by atoms with E-state index in [2.05, 4.69) is 22.0 Å². The van der Waals surface area contributed by atoms with Crippen LogP contribution in [-0.2, 0) is 0 Å². The second-order valence-corrected chi connectivity index (χ2v) is 7.91. The van der Waals surface area contributed by atoms with Gasteiger partial charge in [0.25, 0.3) is 0 Å². The molecule has 0 radical (unpaired) electrons. The summed E-state index contributed by atoms with van der Waals surface area (Å²) in [7, 11) is 1.66. The van der Waals surface area contributed by atoms with Gasteiger partial charge in [0.15, 0.2) is 0 Å². The van der Waals surface area contributed by atoms with Gasteiger partial charge in [0.05, 0.1) is 23.3 Å². The topological polar surface area (TPSA) is 34.1 Å². The van der Waals surface area contributed by atoms with Crippen molar-refractivity contribution in [3.63, 3.8) is 0 Å². The Bertz CT molecular complexity index is 1120. The van der Waals surface area contributed by atoms with Crippen LogP contribution in [0.15, 0.2) is 76.3 Å². The number of benzene rings is 3. The fourth-order valence-corrected chi connectivity index (χ4v) is 4.29. The summed E-state index contributed by atoms with van der Waals surface area (Å²) in [6.07, 6.45) is 0.321. The number of hydrazone groups is 1. The van der Waals surface area contributed by atoms with E-state index < -0.39 is 6.23 Å². The molecule has 3 aromatic rings. The Hall–Kier alpha value is -2.86. The van der Waals surface area contributed by atoms with Crippen molar-refractivity contribution >= 4 is 21.6 Å². The first kappa shape index (κ1) is 18.2. The van der Waals surface area contributed by atoms with E-state index in [-0.39, 0.29) is 11.9 Å². The molecule has 6 heteroatoms. The Morgan fingerprint density at radius 2 is 1.97 bits per heavy atom. The summed E-state index contributed by atoms with van der Waals surface area (Å²) in [5.74, 6) is 1.33. The largest absolute Gasteiger partial charge is 0.497 e. The molecule has 5 rings (SSSR count). The molecule has 3 aromatic carbocycles. The van der Waals surface area contributed by atoms with Gasteiger partial charge in [-0.05, 0) is 46.3 Å². The molecule has 29 heavy (non-hydrogen) atoms. The predicted octanol–water partition coefficient (Wildman–Crippen LogP) is 5.84. The molecule has 0 saturated carbocycles. The van der Waals surface area contributed by atoms with Crippen molar-refractivity contribution in [2.24, 2.45) is 5.10 Å². The van der Waals surface area contributed by atoms with Gasteiger partial charge in [-0.25, -0.2) is 9.40 Å². The number of methoxy groups -OCH3 is 1. The lowest BCUT2D eigenvalue weighted by Gasteiger charge is -2.38. The SMILES string of the molecule is COc1cccc(C2=NN3C(C2)c2ccccc2OC3c2ccc(F)c(Br)c2)c1. The first-order chi connectivity index (χ1) is 14.1. The lowest BCUT2D eigenvalue weighted by atomic mass is 9.96. The number of nitrogens with zero attached hydrogens (tertiary/aromatic N) is 2. The van der Waals surface area contributed by atoms with Crippen LogP contribution < -0.4 is 9.47 Å². The summed E-state index contributed by atoms with van der Waals surface area (Å²) in [5, 5.41) is 6.91. The second kappa shape index (κ2) is 7.19. The fourth-order valence-electron chi connectivity index (χ4n) is 3.90. The van der Waals surface area contributed by atoms with Gasteiger partial charge in [0.2, 0.25) is 6.23 Å². The lowest BCUT2D eigenvalue weighted by Crippen LogP contribution is -2.33. The van der Waals surface area contributed by atoms with E-state index in [9.17, 15) is 4.39 Å². The average molecular weight is 453 g/mol. The van der Waals surface area contributed by atoms with Gasteiger partial charge in [-0.15, -0.1) is 0 Å². The van der Waals surface area contributed by atoms with Crippen molar-refractivity contribution in [2.45, 2.75) is 18.7 Å². The van der Waals surface area contributed by atoms with Crippen LogP contribution in [0.5, 0.6) is 11.5 Å². The molecule has 2 atom stereocenters. The zero-order chi connectivity index (χ0) is 20.0. The van der Waals surface area contributed by atoms with Gasteiger partial charge < -0.3 is 9.47 Å². The number of rotatable bonds is 3. The van der Waals surface area contributed by atoms with E-state index in [0.29, 0.717) is 4.47 Å². The maximum absolute atomic E-state index is 13.8. The van der Waals surface area contributed by atoms with Crippen LogP contribution >= 0.6 is 15.9 Å². The molecule has 2 aliphatic heterocycles. The highest BCUT2D eigenvalue weighted by Crippen LogP contribution is 2.47. The third-order valence-corrected chi connectivity index (χ3v) is 5.94. The molecule has 2 unspecified atom stereocenters. The number of ether oxygens (including phenoxy) is 2. The molecule has 0 aliphatic carbocycles. The summed E-state index contributed by atoms with van der Waals surface area (Å²) in [5.41, 5.74) is 3.94. The molecule has 4 nitrogen and oxygen atoms in total. The quantitative estimate of drug-likeness (QED) is 0.500. The highest BCUT2D eigenvalue weighted by molar-refractivity contribution is 9.10. The van der Waals surface area contributed by atoms with Gasteiger partial charge in [-0.3, -0.25) is 0 Å². The van der Waals surface area contributed by atoms with E-state index in [1.54, 1.807) is 19.2 Å². The maximum atomic E-state index is 13.8. The summed E-state index contributed by atoms with van der Waals surface area (Å²) in [6, 6.07) is 20.9. The number of hydrogen-bond acceptors (Lipinski definition) is 4. The van der Waals surface area contributed by atoms with Gasteiger partial charge in [-0.2, -0.15) is 5.10 Å². The minimum absolute atomic E-state index is 0.0509. The van der Waals surface area contributed by atoms with Crippen LogP contribution in [-0.4, -0.2) is 17.8 Å². The van der Waals surface area contributed by atoms with Crippen molar-refractivity contribution in [1.29, 1.82) is 0 Å². The van der Waals surface area contributed by atoms with Crippen LogP contribution in [0.25, 0.3) is 0 Å². The molecule has 0 amide bonds. The van der Waals surface area contributed by atoms with Crippen molar-refractivity contribution in [3.8, 4) is 11.5 Å². The zero-order valence-corrected chi connectivity index (χ0v) is 17.3. The molecule has 2 heterocycles. The summed E-state index contributed by atoms with van der Waals surface area (Å²) in [4.78, 5) is 0. The standard InChI is InChI=1S/C23H18BrFN2O2/c1-28-16-6-4-5-14(11-16)20-13-21-17-7-2-3-8-22(17)29-23(27(21)26-20)15-9-10-19(25)18(24)12-15/h2-12,21,23H,13H2,1H3. The lowest BCUT2D eigenvalue weighted by molar-refractivity contribution is -0.0191. The summed E-state index contributed by atoms with van der Waals surface area (Å²) >= 11 is 3.28. The Kier molecular flexibility index (Phi) is 4.51. The molecular formula is C23H18BrFN2O2. The Morgan fingerprint density at radius 3 is 2.79 bits per heavy atom. The van der Waals surface area contributed by atoms with Crippen molar-refractivity contribution in [3.05, 3.63) is 93.7 Å². The van der Waals surface area contributed by atoms with Gasteiger partial charge in [0.1, 0.15) is 17.3 Å². The van der Waals surface area contributed by atoms with E-state index in [1.807, 2.05) is 47.5 Å². The molecule has 0 aromatic heterocycles. The van der Waals surface area contributed by atoms with Crippen LogP contribution in [0.3, 0.4) is 0 Å². The Morgan fingerprint density at radius 1 is 1.10 bits per heavy atom. The third-order valence-electron chi connectivity index (χ3n) is 5.33. The molecule has 0 spiro atoms. The smallest absolute Gasteiger partial charge is 0.213 e. The number of para-hydroxylation sites is 1. The molecule has 0 saturated heterocycles. The molecule has 2 aliphatic rings. The van der Waals surface area contributed by atoms with E-state index in [1.165, 1.54) is 6.07 Å². The zero-order valence-electron chi connectivity index (χ0n) is 15.7. The molecule has 0 bridgehead atoms. The molecule has 0 N–H and O–H groups in total. The van der Waals surface area contributed by atoms with Gasteiger partial charge >= 0.3 is 0 Å². The molecular weight excluding hydrogens is 435 g/mol. The third kappa shape index (κ3) is 3.17. The monoisotopic (exact) mass is 452 g/mol. The number of fused-ring (bicyclic) bond motifs is 3. The van der Waals surface area contributed by atoms with Crippen molar-refractivity contribution in [2.75, 3.05) is 7.11 Å².